The summed E-state index contributed by atoms with van der Waals surface area (Å²) in [6, 6.07) is 24.6. The summed E-state index contributed by atoms with van der Waals surface area (Å²) in [5.74, 6) is -0.535. The average molecular weight is 620 g/mol. The molecule has 2 amide bonds. The van der Waals surface area contributed by atoms with Crippen LogP contribution in [0.25, 0.3) is 0 Å². The minimum atomic E-state index is -0.649. The van der Waals surface area contributed by atoms with Crippen LogP contribution in [0.2, 0.25) is 0 Å². The Kier molecular flexibility index (Phi) is 13.1. The molecule has 0 radical (unpaired) electrons. The molecule has 3 aromatic rings. The zero-order valence-electron chi connectivity index (χ0n) is 26.0. The van der Waals surface area contributed by atoms with Crippen LogP contribution in [0, 0.1) is 0 Å². The van der Waals surface area contributed by atoms with Crippen molar-refractivity contribution in [3.8, 4) is 0 Å². The zero-order valence-corrected chi connectivity index (χ0v) is 26.0. The molecule has 3 aromatic carbocycles. The van der Waals surface area contributed by atoms with Crippen LogP contribution in [0.3, 0.4) is 0 Å². The monoisotopic (exact) mass is 619 g/mol. The lowest BCUT2D eigenvalue weighted by Gasteiger charge is -2.39. The van der Waals surface area contributed by atoms with Crippen LogP contribution in [0.15, 0.2) is 78.9 Å². The van der Waals surface area contributed by atoms with E-state index in [0.29, 0.717) is 44.3 Å². The first kappa shape index (κ1) is 34.2. The number of anilines is 1. The first-order valence-corrected chi connectivity index (χ1v) is 15.5. The average Bonchev–Trinajstić information content (AvgIpc) is 3.07. The van der Waals surface area contributed by atoms with Crippen LogP contribution in [0.1, 0.15) is 86.2 Å². The Morgan fingerprint density at radius 2 is 1.53 bits per heavy atom. The lowest BCUT2D eigenvalue weighted by molar-refractivity contribution is -0.253. The number of amides is 2. The maximum atomic E-state index is 12.4. The van der Waals surface area contributed by atoms with Gasteiger partial charge in [-0.1, -0.05) is 73.2 Å². The molecule has 1 aliphatic rings. The number of hydroxylamine groups is 1. The normalized spacial score (nSPS) is 19.6. The number of aliphatic hydroxyl groups excluding tert-OH is 2. The predicted molar refractivity (Wildman–Crippen MR) is 170 cm³/mol. The molecule has 45 heavy (non-hydrogen) atoms. The van der Waals surface area contributed by atoms with E-state index in [1.807, 2.05) is 92.8 Å². The van der Waals surface area contributed by atoms with Crippen molar-refractivity contribution in [2.75, 3.05) is 18.9 Å². The fourth-order valence-electron chi connectivity index (χ4n) is 5.44. The minimum absolute atomic E-state index is 0.0289. The molecule has 10 nitrogen and oxygen atoms in total. The third-order valence-corrected chi connectivity index (χ3v) is 8.30. The Bertz CT molecular complexity index is 1340. The third-order valence-electron chi connectivity index (χ3n) is 8.30. The van der Waals surface area contributed by atoms with Crippen molar-refractivity contribution in [1.29, 1.82) is 0 Å². The molecule has 0 bridgehead atoms. The molecule has 1 fully saturated rings. The molecular formula is C35H45N3O7. The standard InChI is InChI=1S/C35H45N3O7/c1-24(34(42)27-9-5-3-6-10-27)38(2)22-30-21-31(26-15-13-25(23-39)14-16-26)45-35(44-30)28-17-19-29(20-18-28)36-32(40)11-7-4-8-12-33(41)37-43/h3,5-6,9-10,13-20,24,30-31,34-35,39,42-43H,4,7-8,11-12,21-23H2,1-2H3,(H,36,40)(H,37,41). The van der Waals surface area contributed by atoms with Crippen LogP contribution in [0.4, 0.5) is 5.69 Å². The number of rotatable bonds is 15. The van der Waals surface area contributed by atoms with Crippen molar-refractivity contribution in [1.82, 2.24) is 10.4 Å². The van der Waals surface area contributed by atoms with Crippen LogP contribution < -0.4 is 10.8 Å². The van der Waals surface area contributed by atoms with Gasteiger partial charge in [-0.05, 0) is 55.6 Å². The number of benzene rings is 3. The highest BCUT2D eigenvalue weighted by atomic mass is 16.7. The number of nitrogens with zero attached hydrogens (tertiary/aromatic N) is 1. The summed E-state index contributed by atoms with van der Waals surface area (Å²) in [6.07, 6.45) is 1.41. The van der Waals surface area contributed by atoms with E-state index in [0.717, 1.165) is 22.3 Å². The number of carbonyl (C=O) groups is 2. The summed E-state index contributed by atoms with van der Waals surface area (Å²) in [5, 5.41) is 32.0. The molecule has 1 heterocycles. The zero-order chi connectivity index (χ0) is 32.2. The van der Waals surface area contributed by atoms with Crippen molar-refractivity contribution in [3.05, 3.63) is 101 Å². The Morgan fingerprint density at radius 3 is 2.18 bits per heavy atom. The molecule has 0 aliphatic carbocycles. The first-order valence-electron chi connectivity index (χ1n) is 15.5. The fraction of sp³-hybridized carbons (Fsp3) is 0.429. The van der Waals surface area contributed by atoms with E-state index in [1.165, 1.54) is 0 Å². The highest BCUT2D eigenvalue weighted by Gasteiger charge is 2.34. The lowest BCUT2D eigenvalue weighted by Crippen LogP contribution is -2.43. The number of aliphatic hydroxyl groups is 2. The van der Waals surface area contributed by atoms with E-state index in [-0.39, 0.29) is 37.2 Å². The largest absolute Gasteiger partial charge is 0.392 e. The van der Waals surface area contributed by atoms with Gasteiger partial charge in [0, 0.05) is 43.1 Å². The Labute approximate surface area is 264 Å². The molecule has 0 saturated carbocycles. The Balaban J connectivity index is 1.40. The van der Waals surface area contributed by atoms with Crippen molar-refractivity contribution in [3.63, 3.8) is 0 Å². The molecule has 5 atom stereocenters. The Morgan fingerprint density at radius 1 is 0.889 bits per heavy atom. The first-order chi connectivity index (χ1) is 21.8. The summed E-state index contributed by atoms with van der Waals surface area (Å²) >= 11 is 0. The van der Waals surface area contributed by atoms with Crippen molar-refractivity contribution >= 4 is 17.5 Å². The van der Waals surface area contributed by atoms with Gasteiger partial charge in [-0.25, -0.2) is 5.48 Å². The number of hydrogen-bond donors (Lipinski definition) is 5. The second kappa shape index (κ2) is 17.2. The third kappa shape index (κ3) is 10.2. The van der Waals surface area contributed by atoms with E-state index in [2.05, 4.69) is 10.2 Å². The van der Waals surface area contributed by atoms with Crippen molar-refractivity contribution in [2.24, 2.45) is 0 Å². The summed E-state index contributed by atoms with van der Waals surface area (Å²) in [4.78, 5) is 25.6. The molecule has 0 spiro atoms. The maximum Gasteiger partial charge on any atom is 0.243 e. The highest BCUT2D eigenvalue weighted by molar-refractivity contribution is 5.90. The van der Waals surface area contributed by atoms with Gasteiger partial charge in [0.15, 0.2) is 6.29 Å². The molecule has 5 N–H and O–H groups in total. The fourth-order valence-corrected chi connectivity index (χ4v) is 5.44. The number of carbonyl (C=O) groups excluding carboxylic acids is 2. The maximum absolute atomic E-state index is 12.4. The molecule has 10 heteroatoms. The van der Waals surface area contributed by atoms with Gasteiger partial charge in [0.25, 0.3) is 0 Å². The number of hydrogen-bond acceptors (Lipinski definition) is 8. The minimum Gasteiger partial charge on any atom is -0.392 e. The van der Waals surface area contributed by atoms with Gasteiger partial charge < -0.3 is 25.0 Å². The van der Waals surface area contributed by atoms with Crippen molar-refractivity contribution in [2.45, 2.75) is 82.7 Å². The van der Waals surface area contributed by atoms with Gasteiger partial charge in [0.2, 0.25) is 11.8 Å². The van der Waals surface area contributed by atoms with Gasteiger partial charge in [0.1, 0.15) is 0 Å². The van der Waals surface area contributed by atoms with Gasteiger partial charge in [-0.2, -0.15) is 0 Å². The molecule has 1 saturated heterocycles. The molecule has 1 aliphatic heterocycles. The smallest absolute Gasteiger partial charge is 0.243 e. The number of ether oxygens (including phenoxy) is 2. The number of nitrogens with one attached hydrogen (secondary N) is 2. The SMILES string of the molecule is CC(C(O)c1ccccc1)N(C)CC1CC(c2ccc(CO)cc2)OC(c2ccc(NC(=O)CCCCCC(=O)NO)cc2)O1. The van der Waals surface area contributed by atoms with E-state index in [9.17, 15) is 19.8 Å². The van der Waals surface area contributed by atoms with Crippen LogP contribution >= 0.6 is 0 Å². The lowest BCUT2D eigenvalue weighted by atomic mass is 9.98. The second-order valence-corrected chi connectivity index (χ2v) is 11.7. The summed E-state index contributed by atoms with van der Waals surface area (Å²) in [7, 11) is 1.99. The molecule has 242 valence electrons. The van der Waals surface area contributed by atoms with E-state index >= 15 is 0 Å². The van der Waals surface area contributed by atoms with E-state index in [4.69, 9.17) is 14.7 Å². The number of unbranched alkanes of at least 4 members (excludes halogenated alkanes) is 2. The van der Waals surface area contributed by atoms with E-state index in [1.54, 1.807) is 5.48 Å². The molecule has 5 unspecified atom stereocenters. The number of likely N-dealkylation sites (N-methyl/N-ethyl adjacent to an activating group) is 1. The van der Waals surface area contributed by atoms with Crippen LogP contribution in [0.5, 0.6) is 0 Å². The second-order valence-electron chi connectivity index (χ2n) is 11.7. The van der Waals surface area contributed by atoms with Gasteiger partial charge in [-0.3, -0.25) is 19.7 Å². The summed E-state index contributed by atoms with van der Waals surface area (Å²) in [5.41, 5.74) is 5.77. The van der Waals surface area contributed by atoms with Crippen LogP contribution in [-0.2, 0) is 25.7 Å². The van der Waals surface area contributed by atoms with Crippen molar-refractivity contribution < 1.29 is 34.5 Å². The molecule has 0 aromatic heterocycles. The topological polar surface area (TPSA) is 141 Å². The van der Waals surface area contributed by atoms with Crippen LogP contribution in [-0.4, -0.2) is 57.9 Å². The summed E-state index contributed by atoms with van der Waals surface area (Å²) < 4.78 is 12.9. The summed E-state index contributed by atoms with van der Waals surface area (Å²) in [6.45, 7) is 2.55. The predicted octanol–water partition coefficient (Wildman–Crippen LogP) is 5.17. The van der Waals surface area contributed by atoms with Gasteiger partial charge >= 0.3 is 0 Å². The molecular weight excluding hydrogens is 574 g/mol. The Hall–Kier alpha value is -3.64. The van der Waals surface area contributed by atoms with Gasteiger partial charge in [0.05, 0.1) is 24.9 Å². The van der Waals surface area contributed by atoms with Gasteiger partial charge in [-0.15, -0.1) is 0 Å². The molecule has 4 rings (SSSR count). The highest BCUT2D eigenvalue weighted by Crippen LogP contribution is 2.38. The van der Waals surface area contributed by atoms with E-state index < -0.39 is 18.3 Å². The quantitative estimate of drug-likeness (QED) is 0.0892.